The van der Waals surface area contributed by atoms with Crippen molar-refractivity contribution in [2.24, 2.45) is 5.92 Å². The lowest BCUT2D eigenvalue weighted by molar-refractivity contribution is 0.0606. The molecule has 1 atom stereocenters. The van der Waals surface area contributed by atoms with E-state index in [-0.39, 0.29) is 17.9 Å². The lowest BCUT2D eigenvalue weighted by Gasteiger charge is -2.23. The van der Waals surface area contributed by atoms with Gasteiger partial charge in [0.15, 0.2) is 11.5 Å². The van der Waals surface area contributed by atoms with Crippen LogP contribution in [0, 0.1) is 5.92 Å². The minimum absolute atomic E-state index is 0.165. The van der Waals surface area contributed by atoms with Gasteiger partial charge in [0.25, 0.3) is 5.91 Å². The second kappa shape index (κ2) is 8.43. The summed E-state index contributed by atoms with van der Waals surface area (Å²) in [5.41, 5.74) is 0.951. The van der Waals surface area contributed by atoms with E-state index in [9.17, 15) is 9.59 Å². The number of ether oxygens (including phenoxy) is 3. The van der Waals surface area contributed by atoms with Crippen LogP contribution in [-0.4, -0.2) is 32.2 Å². The van der Waals surface area contributed by atoms with Gasteiger partial charge < -0.3 is 19.5 Å². The molecule has 0 radical (unpaired) electrons. The maximum Gasteiger partial charge on any atom is 0.348 e. The van der Waals surface area contributed by atoms with E-state index in [2.05, 4.69) is 5.32 Å². The number of benzene rings is 1. The smallest absolute Gasteiger partial charge is 0.348 e. The molecule has 0 saturated carbocycles. The molecule has 1 aromatic heterocycles. The van der Waals surface area contributed by atoms with Gasteiger partial charge in [-0.05, 0) is 35.7 Å². The summed E-state index contributed by atoms with van der Waals surface area (Å²) in [7, 11) is 1.32. The van der Waals surface area contributed by atoms with Crippen LogP contribution in [0.5, 0.6) is 11.5 Å². The van der Waals surface area contributed by atoms with Crippen molar-refractivity contribution in [1.82, 2.24) is 5.32 Å². The van der Waals surface area contributed by atoms with Gasteiger partial charge in [0, 0.05) is 6.42 Å². The lowest BCUT2D eigenvalue weighted by Crippen LogP contribution is -2.31. The van der Waals surface area contributed by atoms with Crippen molar-refractivity contribution in [1.29, 1.82) is 0 Å². The number of thiophene rings is 1. The summed E-state index contributed by atoms with van der Waals surface area (Å²) < 4.78 is 16.1. The first-order valence-electron chi connectivity index (χ1n) is 8.88. The van der Waals surface area contributed by atoms with Crippen LogP contribution in [0.3, 0.4) is 0 Å². The Morgan fingerprint density at radius 1 is 1.07 bits per heavy atom. The van der Waals surface area contributed by atoms with Gasteiger partial charge in [-0.25, -0.2) is 4.79 Å². The summed E-state index contributed by atoms with van der Waals surface area (Å²) in [6.07, 6.45) is 0.843. The van der Waals surface area contributed by atoms with Gasteiger partial charge in [-0.2, -0.15) is 0 Å². The highest BCUT2D eigenvalue weighted by Crippen LogP contribution is 2.34. The minimum atomic E-state index is -0.442. The van der Waals surface area contributed by atoms with Gasteiger partial charge in [0.05, 0.1) is 31.2 Å². The van der Waals surface area contributed by atoms with Crippen molar-refractivity contribution in [3.05, 3.63) is 45.6 Å². The number of hydrogen-bond acceptors (Lipinski definition) is 6. The van der Waals surface area contributed by atoms with E-state index in [1.807, 2.05) is 32.0 Å². The molecule has 3 rings (SSSR count). The number of carbonyl (C=O) groups is 2. The summed E-state index contributed by atoms with van der Waals surface area (Å²) in [5, 5.41) is 3.06. The third-order valence-electron chi connectivity index (χ3n) is 4.30. The number of rotatable bonds is 5. The molecule has 27 heavy (non-hydrogen) atoms. The highest BCUT2D eigenvalue weighted by atomic mass is 32.1. The number of hydrogen-bond donors (Lipinski definition) is 1. The maximum atomic E-state index is 12.7. The van der Waals surface area contributed by atoms with Crippen LogP contribution in [0.1, 0.15) is 51.2 Å². The summed E-state index contributed by atoms with van der Waals surface area (Å²) in [6.45, 7) is 5.34. The third-order valence-corrected chi connectivity index (χ3v) is 5.36. The van der Waals surface area contributed by atoms with E-state index in [1.165, 1.54) is 7.11 Å². The zero-order valence-electron chi connectivity index (χ0n) is 15.6. The summed E-state index contributed by atoms with van der Waals surface area (Å²) in [4.78, 5) is 25.2. The molecule has 0 saturated heterocycles. The van der Waals surface area contributed by atoms with Crippen LogP contribution in [-0.2, 0) is 4.74 Å². The molecule has 0 aliphatic carbocycles. The van der Waals surface area contributed by atoms with Crippen molar-refractivity contribution >= 4 is 23.2 Å². The van der Waals surface area contributed by atoms with Crippen molar-refractivity contribution in [3.8, 4) is 11.5 Å². The van der Waals surface area contributed by atoms with Gasteiger partial charge in [0.1, 0.15) is 4.88 Å². The molecule has 0 unspecified atom stereocenters. The SMILES string of the molecule is COC(=O)c1ccc(C(=O)N[C@H](c2ccc3c(c2)OCCCO3)C(C)C)s1. The summed E-state index contributed by atoms with van der Waals surface area (Å²) in [6, 6.07) is 8.81. The van der Waals surface area contributed by atoms with Gasteiger partial charge in [0.2, 0.25) is 0 Å². The number of amides is 1. The average molecular weight is 389 g/mol. The number of esters is 1. The molecular formula is C20H23NO5S. The Balaban J connectivity index is 1.80. The van der Waals surface area contributed by atoms with Crippen LogP contribution in [0.15, 0.2) is 30.3 Å². The minimum Gasteiger partial charge on any atom is -0.490 e. The number of nitrogens with one attached hydrogen (secondary N) is 1. The molecule has 1 amide bonds. The Hall–Kier alpha value is -2.54. The Morgan fingerprint density at radius 3 is 2.48 bits per heavy atom. The zero-order chi connectivity index (χ0) is 19.4. The molecule has 1 N–H and O–H groups in total. The standard InChI is InChI=1S/C20H23NO5S/c1-12(2)18(13-5-6-14-15(11-13)26-10-4-9-25-14)21-19(22)16-7-8-17(27-16)20(23)24-3/h5-8,11-12,18H,4,9-10H2,1-3H3,(H,21,22)/t18-/m0/s1. The van der Waals surface area contributed by atoms with Crippen LogP contribution in [0.25, 0.3) is 0 Å². The maximum absolute atomic E-state index is 12.7. The normalized spacial score (nSPS) is 14.4. The first-order valence-corrected chi connectivity index (χ1v) is 9.70. The van der Waals surface area contributed by atoms with Crippen molar-refractivity contribution in [3.63, 3.8) is 0 Å². The van der Waals surface area contributed by atoms with Crippen LogP contribution >= 0.6 is 11.3 Å². The number of carbonyl (C=O) groups excluding carboxylic acids is 2. The Kier molecular flexibility index (Phi) is 6.01. The summed E-state index contributed by atoms with van der Waals surface area (Å²) in [5.74, 6) is 0.933. The van der Waals surface area contributed by atoms with E-state index in [0.717, 1.165) is 29.1 Å². The first-order chi connectivity index (χ1) is 13.0. The van der Waals surface area contributed by atoms with Crippen LogP contribution in [0.2, 0.25) is 0 Å². The van der Waals surface area contributed by atoms with Gasteiger partial charge in [-0.3, -0.25) is 4.79 Å². The molecule has 144 valence electrons. The monoisotopic (exact) mass is 389 g/mol. The Labute approximate surface area is 162 Å². The lowest BCUT2D eigenvalue weighted by atomic mass is 9.95. The van der Waals surface area contributed by atoms with Gasteiger partial charge in [-0.1, -0.05) is 19.9 Å². The molecule has 1 aliphatic rings. The number of fused-ring (bicyclic) bond motifs is 1. The third kappa shape index (κ3) is 4.42. The van der Waals surface area contributed by atoms with E-state index >= 15 is 0 Å². The molecule has 1 aromatic carbocycles. The summed E-state index contributed by atoms with van der Waals surface area (Å²) >= 11 is 1.12. The molecular weight excluding hydrogens is 366 g/mol. The van der Waals surface area contributed by atoms with E-state index in [1.54, 1.807) is 12.1 Å². The fourth-order valence-corrected chi connectivity index (χ4v) is 3.72. The molecule has 1 aliphatic heterocycles. The van der Waals surface area contributed by atoms with E-state index in [0.29, 0.717) is 28.7 Å². The zero-order valence-corrected chi connectivity index (χ0v) is 16.4. The fourth-order valence-electron chi connectivity index (χ4n) is 2.89. The highest BCUT2D eigenvalue weighted by molar-refractivity contribution is 7.15. The van der Waals surface area contributed by atoms with Crippen molar-refractivity contribution < 1.29 is 23.8 Å². The second-order valence-corrected chi connectivity index (χ2v) is 7.69. The van der Waals surface area contributed by atoms with E-state index in [4.69, 9.17) is 14.2 Å². The van der Waals surface area contributed by atoms with Crippen LogP contribution in [0.4, 0.5) is 0 Å². The Bertz CT molecular complexity index is 830. The van der Waals surface area contributed by atoms with Gasteiger partial charge >= 0.3 is 5.97 Å². The molecule has 7 heteroatoms. The van der Waals surface area contributed by atoms with E-state index < -0.39 is 5.97 Å². The molecule has 2 aromatic rings. The van der Waals surface area contributed by atoms with Gasteiger partial charge in [-0.15, -0.1) is 11.3 Å². The van der Waals surface area contributed by atoms with Crippen LogP contribution < -0.4 is 14.8 Å². The molecule has 2 heterocycles. The molecule has 0 spiro atoms. The second-order valence-electron chi connectivity index (χ2n) is 6.61. The Morgan fingerprint density at radius 2 is 1.78 bits per heavy atom. The number of methoxy groups -OCH3 is 1. The predicted molar refractivity (Wildman–Crippen MR) is 103 cm³/mol. The average Bonchev–Trinajstić information content (AvgIpc) is 3.04. The van der Waals surface area contributed by atoms with Crippen molar-refractivity contribution in [2.75, 3.05) is 20.3 Å². The topological polar surface area (TPSA) is 73.9 Å². The highest BCUT2D eigenvalue weighted by Gasteiger charge is 2.23. The molecule has 0 fully saturated rings. The van der Waals surface area contributed by atoms with Crippen molar-refractivity contribution in [2.45, 2.75) is 26.3 Å². The predicted octanol–water partition coefficient (Wildman–Crippen LogP) is 3.82. The largest absolute Gasteiger partial charge is 0.490 e. The fraction of sp³-hybridized carbons (Fsp3) is 0.400. The quantitative estimate of drug-likeness (QED) is 0.787. The molecule has 0 bridgehead atoms. The molecule has 6 nitrogen and oxygen atoms in total. The first kappa shape index (κ1) is 19.2.